The molecule has 4 aromatic rings. The number of ketones is 1. The summed E-state index contributed by atoms with van der Waals surface area (Å²) in [6.07, 6.45) is 10.2. The fourth-order valence-corrected chi connectivity index (χ4v) is 4.21. The molecule has 156 valence electrons. The molecule has 1 aliphatic rings. The summed E-state index contributed by atoms with van der Waals surface area (Å²) in [6, 6.07) is 12.1. The number of carbonyl (C=O) groups excluding carboxylic acids is 1. The number of Topliss-reactive ketones (excluding diaryl/α,β-unsaturated/α-hetero) is 1. The first-order valence-corrected chi connectivity index (χ1v) is 10.7. The Hall–Kier alpha value is -3.38. The zero-order valence-corrected chi connectivity index (χ0v) is 17.7. The van der Waals surface area contributed by atoms with Gasteiger partial charge in [0, 0.05) is 53.8 Å². The van der Waals surface area contributed by atoms with Gasteiger partial charge < -0.3 is 0 Å². The molecule has 0 N–H and O–H groups in total. The third-order valence-corrected chi connectivity index (χ3v) is 5.86. The van der Waals surface area contributed by atoms with Crippen molar-refractivity contribution in [2.75, 3.05) is 13.1 Å². The van der Waals surface area contributed by atoms with E-state index in [0.717, 1.165) is 52.9 Å². The van der Waals surface area contributed by atoms with Gasteiger partial charge in [-0.3, -0.25) is 24.3 Å². The average Bonchev–Trinajstić information content (AvgIpc) is 3.45. The molecule has 0 bridgehead atoms. The number of benzene rings is 1. The summed E-state index contributed by atoms with van der Waals surface area (Å²) in [7, 11) is 1.89. The van der Waals surface area contributed by atoms with Gasteiger partial charge in [0.2, 0.25) is 0 Å². The number of pyridine rings is 2. The Morgan fingerprint density at radius 2 is 1.87 bits per heavy atom. The number of aryl methyl sites for hydroxylation is 1. The van der Waals surface area contributed by atoms with E-state index in [9.17, 15) is 4.79 Å². The van der Waals surface area contributed by atoms with Gasteiger partial charge in [0.1, 0.15) is 0 Å². The molecule has 0 unspecified atom stereocenters. The summed E-state index contributed by atoms with van der Waals surface area (Å²) in [4.78, 5) is 24.4. The lowest BCUT2D eigenvalue weighted by atomic mass is 10.0. The lowest BCUT2D eigenvalue weighted by Crippen LogP contribution is -2.18. The van der Waals surface area contributed by atoms with Crippen molar-refractivity contribution in [1.82, 2.24) is 24.6 Å². The summed E-state index contributed by atoms with van der Waals surface area (Å²) in [5.74, 6) is 0.0893. The summed E-state index contributed by atoms with van der Waals surface area (Å²) < 4.78 is 1.77. The molecule has 1 saturated heterocycles. The van der Waals surface area contributed by atoms with Crippen molar-refractivity contribution in [2.45, 2.75) is 25.8 Å². The van der Waals surface area contributed by atoms with Crippen molar-refractivity contribution < 1.29 is 4.79 Å². The van der Waals surface area contributed by atoms with Gasteiger partial charge in [-0.25, -0.2) is 0 Å². The first-order chi connectivity index (χ1) is 15.1. The number of hydrogen-bond donors (Lipinski definition) is 0. The second kappa shape index (κ2) is 8.40. The minimum atomic E-state index is 0.0893. The van der Waals surface area contributed by atoms with E-state index in [2.05, 4.69) is 32.1 Å². The van der Waals surface area contributed by atoms with Crippen LogP contribution in [0.2, 0.25) is 0 Å². The summed E-state index contributed by atoms with van der Waals surface area (Å²) in [6.45, 7) is 3.21. The Labute approximate surface area is 181 Å². The smallest absolute Gasteiger partial charge is 0.168 e. The van der Waals surface area contributed by atoms with Crippen LogP contribution in [0.4, 0.5) is 0 Å². The molecule has 1 aromatic carbocycles. The highest BCUT2D eigenvalue weighted by Gasteiger charge is 2.14. The minimum Gasteiger partial charge on any atom is -0.299 e. The van der Waals surface area contributed by atoms with Gasteiger partial charge in [0.25, 0.3) is 0 Å². The van der Waals surface area contributed by atoms with Crippen LogP contribution in [0.5, 0.6) is 0 Å². The van der Waals surface area contributed by atoms with Crippen LogP contribution < -0.4 is 0 Å². The first-order valence-electron chi connectivity index (χ1n) is 10.7. The SMILES string of the molecule is Cn1cc(-c2cnc3cnc(CC(=O)c4cccc(CN5CCCC5)c4)cc3c2)cn1. The van der Waals surface area contributed by atoms with Crippen LogP contribution in [0.15, 0.2) is 61.2 Å². The van der Waals surface area contributed by atoms with Gasteiger partial charge in [-0.05, 0) is 49.7 Å². The van der Waals surface area contributed by atoms with Gasteiger partial charge in [-0.1, -0.05) is 18.2 Å². The maximum atomic E-state index is 13.0. The molecule has 31 heavy (non-hydrogen) atoms. The molecular weight excluding hydrogens is 386 g/mol. The van der Waals surface area contributed by atoms with Crippen LogP contribution in [-0.4, -0.2) is 43.5 Å². The van der Waals surface area contributed by atoms with Crippen LogP contribution in [-0.2, 0) is 20.0 Å². The maximum Gasteiger partial charge on any atom is 0.168 e. The summed E-state index contributed by atoms with van der Waals surface area (Å²) >= 11 is 0. The van der Waals surface area contributed by atoms with E-state index in [4.69, 9.17) is 0 Å². The highest BCUT2D eigenvalue weighted by atomic mass is 16.1. The Morgan fingerprint density at radius 1 is 1.00 bits per heavy atom. The Balaban J connectivity index is 1.35. The van der Waals surface area contributed by atoms with Crippen molar-refractivity contribution in [1.29, 1.82) is 0 Å². The molecule has 0 radical (unpaired) electrons. The molecule has 5 rings (SSSR count). The highest BCUT2D eigenvalue weighted by Crippen LogP contribution is 2.23. The number of rotatable bonds is 6. The monoisotopic (exact) mass is 411 g/mol. The van der Waals surface area contributed by atoms with Crippen molar-refractivity contribution in [3.63, 3.8) is 0 Å². The van der Waals surface area contributed by atoms with Gasteiger partial charge >= 0.3 is 0 Å². The normalized spacial score (nSPS) is 14.4. The molecule has 0 spiro atoms. The third-order valence-electron chi connectivity index (χ3n) is 5.86. The molecule has 0 atom stereocenters. The number of nitrogens with zero attached hydrogens (tertiary/aromatic N) is 5. The van der Waals surface area contributed by atoms with Crippen molar-refractivity contribution in [3.8, 4) is 11.1 Å². The zero-order valence-electron chi connectivity index (χ0n) is 17.7. The van der Waals surface area contributed by atoms with Gasteiger partial charge in [0.15, 0.2) is 5.78 Å². The van der Waals surface area contributed by atoms with Gasteiger partial charge in [0.05, 0.1) is 24.3 Å². The fourth-order valence-electron chi connectivity index (χ4n) is 4.21. The average molecular weight is 412 g/mol. The molecular formula is C25H25N5O. The number of fused-ring (bicyclic) bond motifs is 1. The molecule has 0 aliphatic carbocycles. The Kier molecular flexibility index (Phi) is 5.30. The topological polar surface area (TPSA) is 63.9 Å². The van der Waals surface area contributed by atoms with E-state index >= 15 is 0 Å². The number of likely N-dealkylation sites (tertiary alicyclic amines) is 1. The Morgan fingerprint density at radius 3 is 2.68 bits per heavy atom. The van der Waals surface area contributed by atoms with E-state index in [0.29, 0.717) is 0 Å². The first kappa shape index (κ1) is 19.6. The quantitative estimate of drug-likeness (QED) is 0.448. The van der Waals surface area contributed by atoms with Crippen LogP contribution in [0.3, 0.4) is 0 Å². The van der Waals surface area contributed by atoms with E-state index in [1.165, 1.54) is 18.4 Å². The third kappa shape index (κ3) is 4.39. The van der Waals surface area contributed by atoms with Crippen LogP contribution in [0.1, 0.15) is 34.5 Å². The second-order valence-corrected chi connectivity index (χ2v) is 8.28. The van der Waals surface area contributed by atoms with E-state index < -0.39 is 0 Å². The summed E-state index contributed by atoms with van der Waals surface area (Å²) in [5, 5.41) is 5.21. The second-order valence-electron chi connectivity index (χ2n) is 8.28. The van der Waals surface area contributed by atoms with E-state index in [1.54, 1.807) is 10.9 Å². The molecule has 6 nitrogen and oxygen atoms in total. The lowest BCUT2D eigenvalue weighted by Gasteiger charge is -2.15. The van der Waals surface area contributed by atoms with Crippen LogP contribution >= 0.6 is 0 Å². The standard InChI is InChI=1S/C25H25N5O/c1-29-17-22(14-28-29)21-10-20-11-23(26-15-24(20)27-13-21)12-25(31)19-6-4-5-18(9-19)16-30-7-2-3-8-30/h4-6,9-11,13-15,17H,2-3,7-8,12,16H2,1H3. The fraction of sp³-hybridized carbons (Fsp3) is 0.280. The van der Waals surface area contributed by atoms with Crippen molar-refractivity contribution in [3.05, 3.63) is 78.0 Å². The highest BCUT2D eigenvalue weighted by molar-refractivity contribution is 5.98. The summed E-state index contributed by atoms with van der Waals surface area (Å²) in [5.41, 5.74) is 5.54. The van der Waals surface area contributed by atoms with E-state index in [1.807, 2.05) is 49.9 Å². The number of hydrogen-bond acceptors (Lipinski definition) is 5. The number of carbonyl (C=O) groups is 1. The molecule has 3 aromatic heterocycles. The maximum absolute atomic E-state index is 13.0. The Bertz CT molecular complexity index is 1240. The van der Waals surface area contributed by atoms with Gasteiger partial charge in [-0.15, -0.1) is 0 Å². The zero-order chi connectivity index (χ0) is 21.2. The molecule has 1 fully saturated rings. The van der Waals surface area contributed by atoms with E-state index in [-0.39, 0.29) is 12.2 Å². The van der Waals surface area contributed by atoms with Crippen LogP contribution in [0, 0.1) is 0 Å². The minimum absolute atomic E-state index is 0.0893. The largest absolute Gasteiger partial charge is 0.299 e. The molecule has 0 amide bonds. The lowest BCUT2D eigenvalue weighted by molar-refractivity contribution is 0.0992. The van der Waals surface area contributed by atoms with Crippen LogP contribution in [0.25, 0.3) is 22.0 Å². The van der Waals surface area contributed by atoms with Crippen molar-refractivity contribution >= 4 is 16.7 Å². The molecule has 1 aliphatic heterocycles. The van der Waals surface area contributed by atoms with Gasteiger partial charge in [-0.2, -0.15) is 5.10 Å². The van der Waals surface area contributed by atoms with Crippen molar-refractivity contribution in [2.24, 2.45) is 7.05 Å². The predicted octanol–water partition coefficient (Wildman–Crippen LogP) is 4.05. The molecule has 4 heterocycles. The predicted molar refractivity (Wildman–Crippen MR) is 121 cm³/mol. The molecule has 6 heteroatoms. The number of aromatic nitrogens is 4. The molecule has 0 saturated carbocycles.